The van der Waals surface area contributed by atoms with Crippen molar-refractivity contribution >= 4 is 23.2 Å². The second-order valence-electron chi connectivity index (χ2n) is 5.08. The summed E-state index contributed by atoms with van der Waals surface area (Å²) in [5, 5.41) is 13.6. The second kappa shape index (κ2) is 6.25. The number of carbonyl (C=O) groups is 2. The third-order valence-electron chi connectivity index (χ3n) is 3.21. The number of nitrogens with one attached hydrogen (secondary N) is 1. The maximum Gasteiger partial charge on any atom is 0.305 e. The molecule has 0 spiro atoms. The Kier molecular flexibility index (Phi) is 4.16. The van der Waals surface area contributed by atoms with E-state index in [2.05, 4.69) is 10.3 Å². The Morgan fingerprint density at radius 1 is 1.39 bits per heavy atom. The van der Waals surface area contributed by atoms with Crippen LogP contribution in [0.4, 0.5) is 0 Å². The van der Waals surface area contributed by atoms with Gasteiger partial charge in [-0.05, 0) is 25.1 Å². The molecule has 120 valence electrons. The normalized spacial score (nSPS) is 13.6. The Bertz CT molecular complexity index is 758. The van der Waals surface area contributed by atoms with Gasteiger partial charge in [0.25, 0.3) is 5.91 Å². The number of aliphatic carboxylic acids is 1. The molecule has 0 bridgehead atoms. The van der Waals surface area contributed by atoms with Gasteiger partial charge < -0.3 is 19.9 Å². The maximum absolute atomic E-state index is 12.1. The van der Waals surface area contributed by atoms with Crippen molar-refractivity contribution < 1.29 is 24.2 Å². The molecule has 0 saturated carbocycles. The van der Waals surface area contributed by atoms with Gasteiger partial charge in [-0.2, -0.15) is 0 Å². The van der Waals surface area contributed by atoms with Crippen LogP contribution in [0.15, 0.2) is 23.6 Å². The Morgan fingerprint density at radius 2 is 2.17 bits per heavy atom. The molecule has 1 atom stereocenters. The predicted octanol–water partition coefficient (Wildman–Crippen LogP) is 2.13. The lowest BCUT2D eigenvalue weighted by Gasteiger charge is -2.09. The number of thiazole rings is 1. The van der Waals surface area contributed by atoms with Crippen LogP contribution in [0.1, 0.15) is 23.8 Å². The molecule has 2 N–H and O–H groups in total. The average Bonchev–Trinajstić information content (AvgIpc) is 3.14. The highest BCUT2D eigenvalue weighted by atomic mass is 32.1. The van der Waals surface area contributed by atoms with E-state index in [0.29, 0.717) is 16.5 Å². The lowest BCUT2D eigenvalue weighted by molar-refractivity contribution is -0.137. The van der Waals surface area contributed by atoms with Crippen LogP contribution in [0, 0.1) is 0 Å². The molecule has 1 aromatic carbocycles. The molecule has 23 heavy (non-hydrogen) atoms. The van der Waals surface area contributed by atoms with E-state index in [0.717, 1.165) is 5.56 Å². The van der Waals surface area contributed by atoms with Crippen LogP contribution in [0.3, 0.4) is 0 Å². The average molecular weight is 334 g/mol. The summed E-state index contributed by atoms with van der Waals surface area (Å²) in [4.78, 5) is 27.0. The highest BCUT2D eigenvalue weighted by Gasteiger charge is 2.18. The monoisotopic (exact) mass is 334 g/mol. The molecule has 0 aliphatic carbocycles. The molecule has 1 aliphatic heterocycles. The number of carboxylic acid groups (broad SMARTS) is 1. The van der Waals surface area contributed by atoms with Gasteiger partial charge in [-0.3, -0.25) is 9.59 Å². The molecular formula is C15H14N2O5S. The van der Waals surface area contributed by atoms with Crippen molar-refractivity contribution in [3.8, 4) is 22.1 Å². The maximum atomic E-state index is 12.1. The molecule has 0 fully saturated rings. The van der Waals surface area contributed by atoms with Crippen molar-refractivity contribution in [2.45, 2.75) is 19.4 Å². The molecular weight excluding hydrogens is 320 g/mol. The van der Waals surface area contributed by atoms with Crippen LogP contribution >= 0.6 is 11.3 Å². The van der Waals surface area contributed by atoms with Gasteiger partial charge in [0.05, 0.1) is 6.42 Å². The van der Waals surface area contributed by atoms with E-state index in [1.807, 2.05) is 12.1 Å². The number of nitrogens with zero attached hydrogens (tertiary/aromatic N) is 1. The highest BCUT2D eigenvalue weighted by molar-refractivity contribution is 7.13. The standard InChI is InChI=1S/C15H14N2O5S/c1-8(4-13(18)19)16-14(20)10-6-23-15(17-10)9-2-3-11-12(5-9)22-7-21-11/h2-3,5-6,8H,4,7H2,1H3,(H,16,20)(H,18,19). The number of benzene rings is 1. The first-order valence-electron chi connectivity index (χ1n) is 6.91. The van der Waals surface area contributed by atoms with Crippen molar-refractivity contribution in [3.63, 3.8) is 0 Å². The minimum Gasteiger partial charge on any atom is -0.481 e. The Morgan fingerprint density at radius 3 is 2.96 bits per heavy atom. The zero-order valence-corrected chi connectivity index (χ0v) is 13.1. The molecule has 0 radical (unpaired) electrons. The first kappa shape index (κ1) is 15.3. The van der Waals surface area contributed by atoms with E-state index in [9.17, 15) is 9.59 Å². The highest BCUT2D eigenvalue weighted by Crippen LogP contribution is 2.36. The van der Waals surface area contributed by atoms with Gasteiger partial charge in [-0.15, -0.1) is 11.3 Å². The van der Waals surface area contributed by atoms with E-state index in [-0.39, 0.29) is 24.8 Å². The van der Waals surface area contributed by atoms with Gasteiger partial charge in [-0.25, -0.2) is 4.98 Å². The number of amides is 1. The summed E-state index contributed by atoms with van der Waals surface area (Å²) >= 11 is 1.33. The number of fused-ring (bicyclic) bond motifs is 1. The largest absolute Gasteiger partial charge is 0.481 e. The number of carbonyl (C=O) groups excluding carboxylic acids is 1. The SMILES string of the molecule is CC(CC(=O)O)NC(=O)c1csc(-c2ccc3c(c2)OCO3)n1. The van der Waals surface area contributed by atoms with E-state index in [1.165, 1.54) is 11.3 Å². The summed E-state index contributed by atoms with van der Waals surface area (Å²) in [6, 6.07) is 5.00. The third kappa shape index (κ3) is 3.42. The van der Waals surface area contributed by atoms with Crippen molar-refractivity contribution in [1.82, 2.24) is 10.3 Å². The first-order valence-corrected chi connectivity index (χ1v) is 7.79. The van der Waals surface area contributed by atoms with E-state index < -0.39 is 12.0 Å². The molecule has 3 rings (SSSR count). The van der Waals surface area contributed by atoms with Gasteiger partial charge in [-0.1, -0.05) is 0 Å². The topological polar surface area (TPSA) is 97.8 Å². The lowest BCUT2D eigenvalue weighted by atomic mass is 10.2. The number of ether oxygens (including phenoxy) is 2. The minimum atomic E-state index is -0.961. The molecule has 2 heterocycles. The first-order chi connectivity index (χ1) is 11.0. The Balaban J connectivity index is 1.73. The molecule has 2 aromatic rings. The van der Waals surface area contributed by atoms with Crippen LogP contribution in [-0.2, 0) is 4.79 Å². The fraction of sp³-hybridized carbons (Fsp3) is 0.267. The van der Waals surface area contributed by atoms with Gasteiger partial charge in [0.1, 0.15) is 10.7 Å². The van der Waals surface area contributed by atoms with Crippen LogP contribution < -0.4 is 14.8 Å². The Hall–Kier alpha value is -2.61. The van der Waals surface area contributed by atoms with Gasteiger partial charge in [0, 0.05) is 17.0 Å². The smallest absolute Gasteiger partial charge is 0.305 e. The quantitative estimate of drug-likeness (QED) is 0.869. The van der Waals surface area contributed by atoms with E-state index >= 15 is 0 Å². The molecule has 1 aliphatic rings. The van der Waals surface area contributed by atoms with E-state index in [4.69, 9.17) is 14.6 Å². The summed E-state index contributed by atoms with van der Waals surface area (Å²) in [6.45, 7) is 1.84. The van der Waals surface area contributed by atoms with Crippen molar-refractivity contribution in [3.05, 3.63) is 29.3 Å². The molecule has 1 aromatic heterocycles. The van der Waals surface area contributed by atoms with E-state index in [1.54, 1.807) is 18.4 Å². The number of aromatic nitrogens is 1. The van der Waals surface area contributed by atoms with Crippen LogP contribution in [-0.4, -0.2) is 34.8 Å². The molecule has 1 unspecified atom stereocenters. The zero-order chi connectivity index (χ0) is 16.4. The number of carboxylic acids is 1. The summed E-state index contributed by atoms with van der Waals surface area (Å²) in [6.07, 6.45) is -0.134. The van der Waals surface area contributed by atoms with Gasteiger partial charge in [0.2, 0.25) is 6.79 Å². The Labute approximate surface area is 135 Å². The minimum absolute atomic E-state index is 0.134. The number of rotatable bonds is 5. The summed E-state index contributed by atoms with van der Waals surface area (Å²) in [5.41, 5.74) is 1.09. The van der Waals surface area contributed by atoms with Crippen LogP contribution in [0.2, 0.25) is 0 Å². The van der Waals surface area contributed by atoms with Crippen LogP contribution in [0.25, 0.3) is 10.6 Å². The van der Waals surface area contributed by atoms with Crippen molar-refractivity contribution in [2.75, 3.05) is 6.79 Å². The zero-order valence-electron chi connectivity index (χ0n) is 12.2. The summed E-state index contributed by atoms with van der Waals surface area (Å²) < 4.78 is 10.6. The molecule has 8 heteroatoms. The van der Waals surface area contributed by atoms with Gasteiger partial charge >= 0.3 is 5.97 Å². The molecule has 1 amide bonds. The predicted molar refractivity (Wildman–Crippen MR) is 82.9 cm³/mol. The van der Waals surface area contributed by atoms with Crippen LogP contribution in [0.5, 0.6) is 11.5 Å². The lowest BCUT2D eigenvalue weighted by Crippen LogP contribution is -2.34. The summed E-state index contributed by atoms with van der Waals surface area (Å²) in [7, 11) is 0. The fourth-order valence-electron chi connectivity index (χ4n) is 2.15. The van der Waals surface area contributed by atoms with Gasteiger partial charge in [0.15, 0.2) is 11.5 Å². The molecule has 7 nitrogen and oxygen atoms in total. The van der Waals surface area contributed by atoms with Crippen molar-refractivity contribution in [2.24, 2.45) is 0 Å². The summed E-state index contributed by atoms with van der Waals surface area (Å²) in [5.74, 6) is -0.0105. The van der Waals surface area contributed by atoms with Crippen molar-refractivity contribution in [1.29, 1.82) is 0 Å². The fourth-order valence-corrected chi connectivity index (χ4v) is 2.95. The third-order valence-corrected chi connectivity index (χ3v) is 4.11. The number of hydrogen-bond donors (Lipinski definition) is 2. The molecule has 0 saturated heterocycles. The number of hydrogen-bond acceptors (Lipinski definition) is 6. The second-order valence-corrected chi connectivity index (χ2v) is 5.94.